The van der Waals surface area contributed by atoms with Crippen LogP contribution in [0.2, 0.25) is 21.4 Å². The molecule has 1 saturated carbocycles. The van der Waals surface area contributed by atoms with Crippen molar-refractivity contribution in [3.05, 3.63) is 129 Å². The molecule has 3 aliphatic carbocycles. The Morgan fingerprint density at radius 2 is 0.842 bits per heavy atom. The van der Waals surface area contributed by atoms with Crippen LogP contribution >= 0.6 is 0 Å². The second-order valence-electron chi connectivity index (χ2n) is 23.5. The van der Waals surface area contributed by atoms with E-state index < -0.39 is 22.6 Å². The quantitative estimate of drug-likeness (QED) is 0.175. The van der Waals surface area contributed by atoms with Gasteiger partial charge in [0.2, 0.25) is 0 Å². The Hall–Kier alpha value is -2.55. The van der Waals surface area contributed by atoms with E-state index in [9.17, 15) is 0 Å². The van der Waals surface area contributed by atoms with Crippen molar-refractivity contribution in [3.8, 4) is 22.3 Å². The molecule has 57 heavy (non-hydrogen) atoms. The maximum absolute atomic E-state index is 4.06. The molecule has 2 atom stereocenters. The van der Waals surface area contributed by atoms with Gasteiger partial charge < -0.3 is 0 Å². The standard InChI is InChI=1S/2C23H27.C7H14Si.2CH3.Hf/c2*1-22(2,3)18-13-17(14-19(15-18)23(4,5)6)21-12-8-10-16-9-7-11-20(16)21;1-8-7-5-3-2-4-6-7;;;/h2*7-15H,1-6H3;7H,2-6H2,1H3;2*1H3;. The third-order valence-electron chi connectivity index (χ3n) is 15.2. The summed E-state index contributed by atoms with van der Waals surface area (Å²) in [5, 5.41) is 0. The number of hydrogen-bond donors (Lipinski definition) is 0. The van der Waals surface area contributed by atoms with E-state index in [1.54, 1.807) is 11.1 Å². The topological polar surface area (TPSA) is 0 Å². The van der Waals surface area contributed by atoms with Crippen LogP contribution in [0, 0.1) is 0 Å². The second-order valence-corrected chi connectivity index (χ2v) is 70.3. The number of hydrogen-bond acceptors (Lipinski definition) is 0. The van der Waals surface area contributed by atoms with Crippen LogP contribution in [0.5, 0.6) is 0 Å². The summed E-state index contributed by atoms with van der Waals surface area (Å²) in [5.41, 5.74) is 18.1. The summed E-state index contributed by atoms with van der Waals surface area (Å²) in [5.74, 6) is 0. The summed E-state index contributed by atoms with van der Waals surface area (Å²) in [6, 6.07) is 29.7. The van der Waals surface area contributed by atoms with Crippen molar-refractivity contribution >= 4 is 17.6 Å². The average molecular weight is 942 g/mol. The van der Waals surface area contributed by atoms with Crippen molar-refractivity contribution in [3.63, 3.8) is 0 Å². The first kappa shape index (κ1) is 42.6. The van der Waals surface area contributed by atoms with Gasteiger partial charge in [-0.15, -0.1) is 0 Å². The first-order chi connectivity index (χ1) is 26.4. The molecule has 0 N–H and O–H groups in total. The molecule has 0 nitrogen and oxygen atoms in total. The molecule has 0 aromatic heterocycles. The first-order valence-corrected chi connectivity index (χ1v) is 41.2. The number of benzene rings is 4. The van der Waals surface area contributed by atoms with E-state index in [1.807, 2.05) is 0 Å². The molecule has 3 aliphatic rings. The second kappa shape index (κ2) is 14.6. The van der Waals surface area contributed by atoms with Crippen LogP contribution in [0.15, 0.2) is 84.9 Å². The van der Waals surface area contributed by atoms with E-state index >= 15 is 0 Å². The van der Waals surface area contributed by atoms with Crippen molar-refractivity contribution < 1.29 is 17.1 Å². The van der Waals surface area contributed by atoms with Crippen molar-refractivity contribution in [2.24, 2.45) is 0 Å². The van der Waals surface area contributed by atoms with Gasteiger partial charge in [0.1, 0.15) is 0 Å². The number of fused-ring (bicyclic) bond motifs is 2. The summed E-state index contributed by atoms with van der Waals surface area (Å²) in [7, 11) is 0. The van der Waals surface area contributed by atoms with Crippen molar-refractivity contribution in [1.29, 1.82) is 0 Å². The van der Waals surface area contributed by atoms with E-state index in [4.69, 9.17) is 0 Å². The molecule has 302 valence electrons. The van der Waals surface area contributed by atoms with E-state index in [1.165, 1.54) is 87.7 Å². The molecular formula is C55H74HfSi. The van der Waals surface area contributed by atoms with Crippen molar-refractivity contribution in [2.45, 2.75) is 166 Å². The fourth-order valence-corrected chi connectivity index (χ4v) is 61.1. The van der Waals surface area contributed by atoms with Gasteiger partial charge in [-0.1, -0.05) is 0 Å². The molecule has 0 saturated heterocycles. The Bertz CT molecular complexity index is 2130. The third kappa shape index (κ3) is 7.71. The number of allylic oxidation sites excluding steroid dienone is 2. The van der Waals surface area contributed by atoms with E-state index in [0.29, 0.717) is 7.35 Å². The van der Waals surface area contributed by atoms with Gasteiger partial charge in [0, 0.05) is 0 Å². The Morgan fingerprint density at radius 1 is 0.491 bits per heavy atom. The summed E-state index contributed by atoms with van der Waals surface area (Å²) < 4.78 is 6.99. The van der Waals surface area contributed by atoms with Crippen LogP contribution in [0.4, 0.5) is 0 Å². The fraction of sp³-hybridized carbons (Fsp3) is 0.491. The van der Waals surface area contributed by atoms with Crippen LogP contribution in [0.3, 0.4) is 0 Å². The third-order valence-corrected chi connectivity index (χ3v) is 73.2. The molecule has 2 unspecified atom stereocenters. The van der Waals surface area contributed by atoms with Crippen LogP contribution in [-0.2, 0) is 38.8 Å². The van der Waals surface area contributed by atoms with Crippen molar-refractivity contribution in [2.75, 3.05) is 0 Å². The van der Waals surface area contributed by atoms with Gasteiger partial charge >= 0.3 is 352 Å². The fourth-order valence-electron chi connectivity index (χ4n) is 10.9. The molecule has 4 aromatic carbocycles. The monoisotopic (exact) mass is 943 g/mol. The van der Waals surface area contributed by atoms with Gasteiger partial charge in [0.15, 0.2) is 0 Å². The number of rotatable bonds is 5. The molecule has 0 spiro atoms. The van der Waals surface area contributed by atoms with E-state index in [2.05, 4.69) is 196 Å². The van der Waals surface area contributed by atoms with Crippen LogP contribution in [0.25, 0.3) is 34.4 Å². The molecule has 7 rings (SSSR count). The van der Waals surface area contributed by atoms with Gasteiger partial charge in [-0.05, 0) is 0 Å². The zero-order valence-corrected chi connectivity index (χ0v) is 43.1. The Labute approximate surface area is 349 Å². The molecule has 0 amide bonds. The zero-order valence-electron chi connectivity index (χ0n) is 38.5. The molecule has 0 bridgehead atoms. The normalized spacial score (nSPS) is 19.2. The van der Waals surface area contributed by atoms with Gasteiger partial charge in [-0.2, -0.15) is 0 Å². The van der Waals surface area contributed by atoms with Gasteiger partial charge in [-0.3, -0.25) is 0 Å². The summed E-state index contributed by atoms with van der Waals surface area (Å²) in [4.78, 5) is 0. The predicted octanol–water partition coefficient (Wildman–Crippen LogP) is 16.8. The Kier molecular flexibility index (Phi) is 10.9. The summed E-state index contributed by atoms with van der Waals surface area (Å²) in [6.45, 7) is 31.2. The van der Waals surface area contributed by atoms with Crippen LogP contribution < -0.4 is 0 Å². The maximum atomic E-state index is 2.96. The minimum absolute atomic E-state index is 0.0816. The van der Waals surface area contributed by atoms with Gasteiger partial charge in [-0.25, -0.2) is 0 Å². The minimum atomic E-state index is -4.06. The van der Waals surface area contributed by atoms with Crippen LogP contribution in [0.1, 0.15) is 167 Å². The molecule has 0 heterocycles. The van der Waals surface area contributed by atoms with Gasteiger partial charge in [0.05, 0.1) is 0 Å². The van der Waals surface area contributed by atoms with Gasteiger partial charge in [0.25, 0.3) is 0 Å². The predicted molar refractivity (Wildman–Crippen MR) is 252 cm³/mol. The summed E-state index contributed by atoms with van der Waals surface area (Å²) >= 11 is -4.06. The molecule has 0 radical (unpaired) electrons. The molecule has 4 aromatic rings. The molecule has 2 heteroatoms. The Morgan fingerprint density at radius 3 is 1.18 bits per heavy atom. The Balaban J connectivity index is 1.43. The van der Waals surface area contributed by atoms with Crippen LogP contribution in [-0.4, -0.2) is 5.49 Å². The average Bonchev–Trinajstić information content (AvgIpc) is 3.80. The molecule has 1 fully saturated rings. The zero-order chi connectivity index (χ0) is 41.5. The summed E-state index contributed by atoms with van der Waals surface area (Å²) in [6.07, 6.45) is 17.8. The molecular weight excluding hydrogens is 867 g/mol. The first-order valence-electron chi connectivity index (χ1n) is 22.4. The molecule has 0 aliphatic heterocycles. The van der Waals surface area contributed by atoms with E-state index in [-0.39, 0.29) is 21.7 Å². The van der Waals surface area contributed by atoms with E-state index in [0.717, 1.165) is 5.54 Å². The van der Waals surface area contributed by atoms with Crippen molar-refractivity contribution in [1.82, 2.24) is 0 Å². The SMILES string of the molecule is C[Si](C1CCCCC1)=[Hf]([CH3])([CH3])([CH]1C=Cc2c(-c3cc(C(C)(C)C)cc(C(C)(C)C)c3)cccc21)[CH]1C=Cc2c(-c3cc(C(C)(C)C)cc(C(C)(C)C)c3)cccc21.